The van der Waals surface area contributed by atoms with Gasteiger partial charge in [0.1, 0.15) is 0 Å². The zero-order valence-electron chi connectivity index (χ0n) is 9.52. The van der Waals surface area contributed by atoms with Crippen LogP contribution in [0.2, 0.25) is 0 Å². The standard InChI is InChI=1S/C11H22N2/c1-9(2)11(5)6-10(3,4)7-12-13-8-11/h7,9,13H,6,8H2,1-5H3. The first-order chi connectivity index (χ1) is 5.86. The van der Waals surface area contributed by atoms with Crippen molar-refractivity contribution in [3.8, 4) is 0 Å². The van der Waals surface area contributed by atoms with Crippen LogP contribution < -0.4 is 5.43 Å². The van der Waals surface area contributed by atoms with Gasteiger partial charge in [-0.05, 0) is 17.8 Å². The highest BCUT2D eigenvalue weighted by atomic mass is 15.3. The molecule has 0 fully saturated rings. The smallest absolute Gasteiger partial charge is 0.0386 e. The lowest BCUT2D eigenvalue weighted by molar-refractivity contribution is 0.158. The minimum atomic E-state index is 0.225. The van der Waals surface area contributed by atoms with Crippen LogP contribution in [0.4, 0.5) is 0 Å². The van der Waals surface area contributed by atoms with Crippen molar-refractivity contribution in [1.29, 1.82) is 0 Å². The van der Waals surface area contributed by atoms with Crippen molar-refractivity contribution in [2.24, 2.45) is 21.8 Å². The van der Waals surface area contributed by atoms with Crippen LogP contribution in [0.5, 0.6) is 0 Å². The monoisotopic (exact) mass is 182 g/mol. The van der Waals surface area contributed by atoms with Crippen LogP contribution in [0.15, 0.2) is 5.10 Å². The molecule has 1 rings (SSSR count). The first kappa shape index (κ1) is 10.6. The molecule has 2 nitrogen and oxygen atoms in total. The summed E-state index contributed by atoms with van der Waals surface area (Å²) in [4.78, 5) is 0. The molecule has 0 radical (unpaired) electrons. The summed E-state index contributed by atoms with van der Waals surface area (Å²) in [6, 6.07) is 0. The molecule has 1 N–H and O–H groups in total. The minimum absolute atomic E-state index is 0.225. The largest absolute Gasteiger partial charge is 0.310 e. The topological polar surface area (TPSA) is 24.4 Å². The van der Waals surface area contributed by atoms with E-state index in [0.717, 1.165) is 6.54 Å². The van der Waals surface area contributed by atoms with Crippen LogP contribution in [0, 0.1) is 16.7 Å². The molecule has 0 spiro atoms. The predicted octanol–water partition coefficient (Wildman–Crippen LogP) is 2.65. The van der Waals surface area contributed by atoms with E-state index < -0.39 is 0 Å². The Bertz CT molecular complexity index is 206. The first-order valence-electron chi connectivity index (χ1n) is 5.13. The Morgan fingerprint density at radius 2 is 1.92 bits per heavy atom. The normalized spacial score (nSPS) is 32.8. The molecule has 1 atom stereocenters. The molecule has 0 aromatic rings. The molecule has 1 aliphatic rings. The van der Waals surface area contributed by atoms with Crippen LogP contribution >= 0.6 is 0 Å². The highest BCUT2D eigenvalue weighted by Gasteiger charge is 2.35. The van der Waals surface area contributed by atoms with Crippen molar-refractivity contribution >= 4 is 6.21 Å². The number of hydrogen-bond acceptors (Lipinski definition) is 2. The molecule has 1 aliphatic heterocycles. The Hall–Kier alpha value is -0.530. The third kappa shape index (κ3) is 2.45. The number of rotatable bonds is 1. The van der Waals surface area contributed by atoms with E-state index in [1.165, 1.54) is 6.42 Å². The molecule has 0 saturated carbocycles. The molecule has 0 bridgehead atoms. The van der Waals surface area contributed by atoms with E-state index in [2.05, 4.69) is 45.1 Å². The van der Waals surface area contributed by atoms with Crippen molar-refractivity contribution < 1.29 is 0 Å². The van der Waals surface area contributed by atoms with Gasteiger partial charge >= 0.3 is 0 Å². The van der Waals surface area contributed by atoms with E-state index in [1.807, 2.05) is 6.21 Å². The Kier molecular flexibility index (Phi) is 2.69. The SMILES string of the molecule is CC(C)C1(C)CNN=CC(C)(C)C1. The molecule has 13 heavy (non-hydrogen) atoms. The summed E-state index contributed by atoms with van der Waals surface area (Å²) in [6.07, 6.45) is 3.24. The van der Waals surface area contributed by atoms with Gasteiger partial charge in [-0.25, -0.2) is 0 Å². The van der Waals surface area contributed by atoms with E-state index in [-0.39, 0.29) is 5.41 Å². The fourth-order valence-electron chi connectivity index (χ4n) is 2.00. The molecule has 0 aliphatic carbocycles. The van der Waals surface area contributed by atoms with Crippen molar-refractivity contribution in [2.45, 2.75) is 41.0 Å². The van der Waals surface area contributed by atoms with Gasteiger partial charge in [0, 0.05) is 18.2 Å². The Morgan fingerprint density at radius 1 is 1.31 bits per heavy atom. The molecule has 76 valence electrons. The van der Waals surface area contributed by atoms with Crippen LogP contribution in [0.3, 0.4) is 0 Å². The third-order valence-corrected chi connectivity index (χ3v) is 3.24. The van der Waals surface area contributed by atoms with Crippen LogP contribution in [-0.4, -0.2) is 12.8 Å². The van der Waals surface area contributed by atoms with Gasteiger partial charge in [0.05, 0.1) is 0 Å². The zero-order valence-corrected chi connectivity index (χ0v) is 9.52. The van der Waals surface area contributed by atoms with Crippen LogP contribution in [0.1, 0.15) is 41.0 Å². The molecule has 0 saturated heterocycles. The van der Waals surface area contributed by atoms with Crippen molar-refractivity contribution in [2.75, 3.05) is 6.54 Å². The number of hydrogen-bond donors (Lipinski definition) is 1. The fraction of sp³-hybridized carbons (Fsp3) is 0.909. The average molecular weight is 182 g/mol. The van der Waals surface area contributed by atoms with Gasteiger partial charge in [-0.1, -0.05) is 34.6 Å². The summed E-state index contributed by atoms with van der Waals surface area (Å²) in [6.45, 7) is 12.4. The molecular weight excluding hydrogens is 160 g/mol. The lowest BCUT2D eigenvalue weighted by atomic mass is 9.69. The summed E-state index contributed by atoms with van der Waals surface area (Å²) >= 11 is 0. The highest BCUT2D eigenvalue weighted by molar-refractivity contribution is 5.64. The summed E-state index contributed by atoms with van der Waals surface area (Å²) in [5.74, 6) is 0.695. The van der Waals surface area contributed by atoms with Gasteiger partial charge in [-0.3, -0.25) is 0 Å². The van der Waals surface area contributed by atoms with Gasteiger partial charge in [0.15, 0.2) is 0 Å². The summed E-state index contributed by atoms with van der Waals surface area (Å²) in [5, 5.41) is 4.23. The van der Waals surface area contributed by atoms with Crippen molar-refractivity contribution in [3.63, 3.8) is 0 Å². The van der Waals surface area contributed by atoms with E-state index in [9.17, 15) is 0 Å². The molecule has 2 heteroatoms. The van der Waals surface area contributed by atoms with E-state index >= 15 is 0 Å². The Labute approximate surface area is 81.8 Å². The number of nitrogens with zero attached hydrogens (tertiary/aromatic N) is 1. The van der Waals surface area contributed by atoms with Gasteiger partial charge in [0.25, 0.3) is 0 Å². The molecule has 0 amide bonds. The van der Waals surface area contributed by atoms with Crippen molar-refractivity contribution in [3.05, 3.63) is 0 Å². The summed E-state index contributed by atoms with van der Waals surface area (Å²) in [7, 11) is 0. The third-order valence-electron chi connectivity index (χ3n) is 3.24. The second-order valence-electron chi connectivity index (χ2n) is 5.57. The minimum Gasteiger partial charge on any atom is -0.310 e. The maximum Gasteiger partial charge on any atom is 0.0386 e. The van der Waals surface area contributed by atoms with Gasteiger partial charge in [-0.2, -0.15) is 5.10 Å². The second kappa shape index (κ2) is 3.32. The zero-order chi connectivity index (χ0) is 10.1. The molecular formula is C11H22N2. The van der Waals surface area contributed by atoms with Crippen LogP contribution in [-0.2, 0) is 0 Å². The first-order valence-corrected chi connectivity index (χ1v) is 5.13. The van der Waals surface area contributed by atoms with Gasteiger partial charge < -0.3 is 5.43 Å². The quantitative estimate of drug-likeness (QED) is 0.662. The Morgan fingerprint density at radius 3 is 2.46 bits per heavy atom. The highest BCUT2D eigenvalue weighted by Crippen LogP contribution is 2.39. The maximum atomic E-state index is 4.23. The van der Waals surface area contributed by atoms with E-state index in [4.69, 9.17) is 0 Å². The summed E-state index contributed by atoms with van der Waals surface area (Å²) in [5.41, 5.74) is 3.73. The van der Waals surface area contributed by atoms with Crippen LogP contribution in [0.25, 0.3) is 0 Å². The van der Waals surface area contributed by atoms with E-state index in [1.54, 1.807) is 0 Å². The fourth-order valence-corrected chi connectivity index (χ4v) is 2.00. The molecule has 1 heterocycles. The second-order valence-corrected chi connectivity index (χ2v) is 5.57. The molecule has 1 unspecified atom stereocenters. The average Bonchev–Trinajstić information content (AvgIpc) is 2.09. The lowest BCUT2D eigenvalue weighted by Crippen LogP contribution is -2.35. The molecule has 0 aromatic carbocycles. The maximum absolute atomic E-state index is 4.23. The summed E-state index contributed by atoms with van der Waals surface area (Å²) < 4.78 is 0. The van der Waals surface area contributed by atoms with Gasteiger partial charge in [-0.15, -0.1) is 0 Å². The Balaban J connectivity index is 2.81. The van der Waals surface area contributed by atoms with E-state index in [0.29, 0.717) is 11.3 Å². The predicted molar refractivity (Wildman–Crippen MR) is 57.8 cm³/mol. The molecule has 0 aromatic heterocycles. The van der Waals surface area contributed by atoms with Gasteiger partial charge in [0.2, 0.25) is 0 Å². The van der Waals surface area contributed by atoms with Crippen molar-refractivity contribution in [1.82, 2.24) is 5.43 Å². The number of hydrazone groups is 1. The number of nitrogens with one attached hydrogen (secondary N) is 1. The lowest BCUT2D eigenvalue weighted by Gasteiger charge is -2.36.